The van der Waals surface area contributed by atoms with Crippen molar-refractivity contribution in [1.29, 1.82) is 0 Å². The molecule has 2 aromatic rings. The zero-order valence-corrected chi connectivity index (χ0v) is 13.3. The molecular weight excluding hydrogens is 324 g/mol. The topological polar surface area (TPSA) is 9.23 Å². The number of aryl methyl sites for hydroxylation is 1. The number of halogens is 2. The Morgan fingerprint density at radius 1 is 1.21 bits per heavy atom. The molecule has 2 rings (SSSR count). The lowest BCUT2D eigenvalue weighted by Gasteiger charge is -2.13. The highest BCUT2D eigenvalue weighted by Crippen LogP contribution is 2.33. The minimum absolute atomic E-state index is 0.247. The molecule has 0 aliphatic rings. The van der Waals surface area contributed by atoms with Crippen LogP contribution in [0.1, 0.15) is 21.5 Å². The van der Waals surface area contributed by atoms with Gasteiger partial charge in [0.15, 0.2) is 0 Å². The number of hydrogen-bond acceptors (Lipinski definition) is 1. The van der Waals surface area contributed by atoms with Crippen LogP contribution >= 0.6 is 27.5 Å². The monoisotopic (exact) mass is 338 g/mol. The van der Waals surface area contributed by atoms with Crippen molar-refractivity contribution >= 4 is 27.5 Å². The van der Waals surface area contributed by atoms with Crippen molar-refractivity contribution < 1.29 is 4.74 Å². The van der Waals surface area contributed by atoms with Crippen molar-refractivity contribution in [3.8, 4) is 5.75 Å². The molecule has 2 aromatic carbocycles. The van der Waals surface area contributed by atoms with Crippen LogP contribution < -0.4 is 4.74 Å². The summed E-state index contributed by atoms with van der Waals surface area (Å²) in [6, 6.07) is 14.3. The second-order valence-electron chi connectivity index (χ2n) is 4.49. The molecule has 0 saturated heterocycles. The largest absolute Gasteiger partial charge is 0.495 e. The Labute approximate surface area is 127 Å². The molecule has 0 spiro atoms. The van der Waals surface area contributed by atoms with Gasteiger partial charge in [-0.1, -0.05) is 57.9 Å². The van der Waals surface area contributed by atoms with E-state index in [0.29, 0.717) is 10.8 Å². The highest BCUT2D eigenvalue weighted by atomic mass is 79.9. The molecule has 100 valence electrons. The van der Waals surface area contributed by atoms with Crippen LogP contribution in [0.25, 0.3) is 0 Å². The molecule has 0 aliphatic heterocycles. The van der Waals surface area contributed by atoms with Crippen LogP contribution in [0.5, 0.6) is 5.75 Å². The van der Waals surface area contributed by atoms with Gasteiger partial charge in [-0.05, 0) is 42.2 Å². The van der Waals surface area contributed by atoms with Crippen molar-refractivity contribution in [2.45, 2.75) is 18.2 Å². The van der Waals surface area contributed by atoms with Gasteiger partial charge in [-0.15, -0.1) is 0 Å². The Bertz CT molecular complexity index is 568. The Morgan fingerprint density at radius 3 is 2.58 bits per heavy atom. The lowest BCUT2D eigenvalue weighted by Crippen LogP contribution is -1.98. The van der Waals surface area contributed by atoms with E-state index >= 15 is 0 Å². The Hall–Kier alpha value is -0.990. The smallest absolute Gasteiger partial charge is 0.137 e. The molecule has 1 atom stereocenters. The molecule has 0 aromatic heterocycles. The Morgan fingerprint density at radius 2 is 1.95 bits per heavy atom. The fraction of sp³-hybridized carbons (Fsp3) is 0.250. The first-order chi connectivity index (χ1) is 9.11. The third kappa shape index (κ3) is 3.52. The molecule has 1 unspecified atom stereocenters. The van der Waals surface area contributed by atoms with Crippen LogP contribution in [0.2, 0.25) is 5.02 Å². The van der Waals surface area contributed by atoms with E-state index in [9.17, 15) is 0 Å². The summed E-state index contributed by atoms with van der Waals surface area (Å²) < 4.78 is 5.17. The number of methoxy groups -OCH3 is 1. The maximum atomic E-state index is 6.16. The zero-order chi connectivity index (χ0) is 13.8. The summed E-state index contributed by atoms with van der Waals surface area (Å²) in [5.41, 5.74) is 3.82. The molecule has 0 amide bonds. The summed E-state index contributed by atoms with van der Waals surface area (Å²) >= 11 is 9.90. The van der Waals surface area contributed by atoms with Gasteiger partial charge in [0.05, 0.1) is 12.1 Å². The van der Waals surface area contributed by atoms with E-state index in [1.807, 2.05) is 18.2 Å². The first-order valence-electron chi connectivity index (χ1n) is 6.14. The molecule has 0 radical (unpaired) electrons. The summed E-state index contributed by atoms with van der Waals surface area (Å²) in [6.45, 7) is 2.13. The highest BCUT2D eigenvalue weighted by molar-refractivity contribution is 9.09. The van der Waals surface area contributed by atoms with Crippen molar-refractivity contribution in [1.82, 2.24) is 0 Å². The summed E-state index contributed by atoms with van der Waals surface area (Å²) in [7, 11) is 1.62. The molecule has 3 heteroatoms. The quantitative estimate of drug-likeness (QED) is 0.684. The minimum Gasteiger partial charge on any atom is -0.495 e. The average Bonchev–Trinajstić information content (AvgIpc) is 2.41. The molecule has 0 aliphatic carbocycles. The molecule has 0 N–H and O–H groups in total. The van der Waals surface area contributed by atoms with Crippen molar-refractivity contribution in [3.05, 3.63) is 64.2 Å². The van der Waals surface area contributed by atoms with Crippen LogP contribution in [0.3, 0.4) is 0 Å². The summed E-state index contributed by atoms with van der Waals surface area (Å²) in [5.74, 6) is 0.709. The highest BCUT2D eigenvalue weighted by Gasteiger charge is 2.12. The first-order valence-corrected chi connectivity index (χ1v) is 7.43. The number of alkyl halides is 1. The number of hydrogen-bond donors (Lipinski definition) is 0. The third-order valence-electron chi connectivity index (χ3n) is 3.20. The molecule has 0 heterocycles. The molecular formula is C16H16BrClO. The number of rotatable bonds is 4. The van der Waals surface area contributed by atoms with Crippen molar-refractivity contribution in [2.75, 3.05) is 7.11 Å². The fourth-order valence-corrected chi connectivity index (χ4v) is 2.93. The van der Waals surface area contributed by atoms with E-state index in [0.717, 1.165) is 12.0 Å². The van der Waals surface area contributed by atoms with E-state index in [2.05, 4.69) is 47.1 Å². The van der Waals surface area contributed by atoms with E-state index in [-0.39, 0.29) is 4.83 Å². The fourth-order valence-electron chi connectivity index (χ4n) is 2.03. The van der Waals surface area contributed by atoms with Crippen LogP contribution in [0, 0.1) is 6.92 Å². The van der Waals surface area contributed by atoms with Gasteiger partial charge in [-0.25, -0.2) is 0 Å². The summed E-state index contributed by atoms with van der Waals surface area (Å²) in [4.78, 5) is 0.247. The summed E-state index contributed by atoms with van der Waals surface area (Å²) in [6.07, 6.45) is 0.940. The normalized spacial score (nSPS) is 12.2. The van der Waals surface area contributed by atoms with E-state index < -0.39 is 0 Å². The molecule has 19 heavy (non-hydrogen) atoms. The second-order valence-corrected chi connectivity index (χ2v) is 6.00. The van der Waals surface area contributed by atoms with Gasteiger partial charge in [-0.3, -0.25) is 0 Å². The van der Waals surface area contributed by atoms with E-state index in [4.69, 9.17) is 16.3 Å². The van der Waals surface area contributed by atoms with Gasteiger partial charge < -0.3 is 4.74 Å². The van der Waals surface area contributed by atoms with Crippen molar-refractivity contribution in [2.24, 2.45) is 0 Å². The SMILES string of the molecule is COc1ccc(C(Br)Cc2ccccc2C)cc1Cl. The van der Waals surface area contributed by atoms with E-state index in [1.165, 1.54) is 11.1 Å². The van der Waals surface area contributed by atoms with Gasteiger partial charge in [-0.2, -0.15) is 0 Å². The maximum absolute atomic E-state index is 6.16. The van der Waals surface area contributed by atoms with Gasteiger partial charge in [0.2, 0.25) is 0 Å². The number of benzene rings is 2. The summed E-state index contributed by atoms with van der Waals surface area (Å²) in [5, 5.41) is 0.647. The Balaban J connectivity index is 2.18. The average molecular weight is 340 g/mol. The standard InChI is InChI=1S/C16H16BrClO/c1-11-5-3-4-6-12(11)9-14(17)13-7-8-16(19-2)15(18)10-13/h3-8,10,14H,9H2,1-2H3. The molecule has 0 saturated carbocycles. The molecule has 0 fully saturated rings. The van der Waals surface area contributed by atoms with Gasteiger partial charge in [0.1, 0.15) is 5.75 Å². The van der Waals surface area contributed by atoms with E-state index in [1.54, 1.807) is 7.11 Å². The second kappa shape index (κ2) is 6.44. The predicted octanol–water partition coefficient (Wildman–Crippen LogP) is 5.34. The van der Waals surface area contributed by atoms with Gasteiger partial charge >= 0.3 is 0 Å². The lowest BCUT2D eigenvalue weighted by atomic mass is 10.0. The van der Waals surface area contributed by atoms with Crippen molar-refractivity contribution in [3.63, 3.8) is 0 Å². The Kier molecular flexibility index (Phi) is 4.89. The zero-order valence-electron chi connectivity index (χ0n) is 11.0. The van der Waals surface area contributed by atoms with Crippen LogP contribution in [-0.4, -0.2) is 7.11 Å². The van der Waals surface area contributed by atoms with Crippen LogP contribution in [-0.2, 0) is 6.42 Å². The molecule has 1 nitrogen and oxygen atoms in total. The van der Waals surface area contributed by atoms with Crippen LogP contribution in [0.15, 0.2) is 42.5 Å². The molecule has 0 bridgehead atoms. The predicted molar refractivity (Wildman–Crippen MR) is 84.6 cm³/mol. The number of ether oxygens (including phenoxy) is 1. The lowest BCUT2D eigenvalue weighted by molar-refractivity contribution is 0.415. The third-order valence-corrected chi connectivity index (χ3v) is 4.35. The van der Waals surface area contributed by atoms with Gasteiger partial charge in [0, 0.05) is 4.83 Å². The first kappa shape index (κ1) is 14.4. The maximum Gasteiger partial charge on any atom is 0.137 e. The minimum atomic E-state index is 0.247. The van der Waals surface area contributed by atoms with Gasteiger partial charge in [0.25, 0.3) is 0 Å². The van der Waals surface area contributed by atoms with Crippen LogP contribution in [0.4, 0.5) is 0 Å².